The van der Waals surface area contributed by atoms with Gasteiger partial charge in [-0.15, -0.1) is 0 Å². The molecule has 9 nitrogen and oxygen atoms in total. The number of nitrogens with zero attached hydrogens (tertiary/aromatic N) is 2. The summed E-state index contributed by atoms with van der Waals surface area (Å²) in [7, 11) is 0. The molecule has 170 valence electrons. The Kier molecular flexibility index (Phi) is 8.15. The minimum Gasteiger partial charge on any atom is -0.462 e. The molecule has 32 heavy (non-hydrogen) atoms. The highest BCUT2D eigenvalue weighted by Crippen LogP contribution is 2.28. The van der Waals surface area contributed by atoms with Crippen molar-refractivity contribution in [2.75, 3.05) is 39.5 Å². The second-order valence-corrected chi connectivity index (χ2v) is 7.55. The number of morpholine rings is 1. The van der Waals surface area contributed by atoms with Gasteiger partial charge in [-0.1, -0.05) is 29.8 Å². The Balaban J connectivity index is 1.83. The topological polar surface area (TPSA) is 111 Å². The Morgan fingerprint density at radius 2 is 1.91 bits per heavy atom. The first-order valence-corrected chi connectivity index (χ1v) is 10.6. The van der Waals surface area contributed by atoms with E-state index in [-0.39, 0.29) is 36.0 Å². The van der Waals surface area contributed by atoms with Crippen LogP contribution in [-0.2, 0) is 9.47 Å². The normalized spacial score (nSPS) is 15.1. The highest BCUT2D eigenvalue weighted by molar-refractivity contribution is 6.31. The molecule has 1 aliphatic heterocycles. The molecule has 1 N–H and O–H groups in total. The minimum atomic E-state index is -0.729. The van der Waals surface area contributed by atoms with Gasteiger partial charge in [0.2, 0.25) is 0 Å². The Morgan fingerprint density at radius 1 is 1.22 bits per heavy atom. The van der Waals surface area contributed by atoms with Gasteiger partial charge < -0.3 is 14.8 Å². The number of nitrogens with one attached hydrogen (secondary N) is 1. The second-order valence-electron chi connectivity index (χ2n) is 7.14. The van der Waals surface area contributed by atoms with Gasteiger partial charge in [0.1, 0.15) is 0 Å². The number of ether oxygens (including phenoxy) is 2. The van der Waals surface area contributed by atoms with E-state index in [4.69, 9.17) is 21.1 Å². The molecule has 1 saturated heterocycles. The van der Waals surface area contributed by atoms with Gasteiger partial charge >= 0.3 is 5.97 Å². The highest BCUT2D eigenvalue weighted by Gasteiger charge is 2.26. The maximum absolute atomic E-state index is 12.9. The summed E-state index contributed by atoms with van der Waals surface area (Å²) in [5.74, 6) is -1.27. The summed E-state index contributed by atoms with van der Waals surface area (Å²) in [6, 6.07) is 10.7. The van der Waals surface area contributed by atoms with E-state index in [1.54, 1.807) is 13.0 Å². The van der Waals surface area contributed by atoms with E-state index >= 15 is 0 Å². The fourth-order valence-corrected chi connectivity index (χ4v) is 3.80. The van der Waals surface area contributed by atoms with Gasteiger partial charge in [-0.3, -0.25) is 19.8 Å². The number of nitro groups is 1. The molecule has 3 rings (SSSR count). The van der Waals surface area contributed by atoms with Crippen molar-refractivity contribution in [2.45, 2.75) is 13.0 Å². The molecular formula is C22H24ClN3O6. The number of nitro benzene ring substituents is 1. The number of halogens is 1. The van der Waals surface area contributed by atoms with Crippen LogP contribution in [0.4, 0.5) is 5.69 Å². The molecule has 1 aliphatic rings. The molecule has 1 amide bonds. The zero-order valence-corrected chi connectivity index (χ0v) is 18.3. The molecule has 0 spiro atoms. The number of non-ortho nitro benzene ring substituents is 1. The van der Waals surface area contributed by atoms with Crippen LogP contribution in [0.2, 0.25) is 5.02 Å². The molecule has 0 radical (unpaired) electrons. The standard InChI is InChI=1S/C22H24ClN3O6/c1-2-32-22(28)16-11-15(12-17(13-16)26(29)30)21(27)24-14-20(25-7-9-31-10-8-25)18-5-3-4-6-19(18)23/h3-6,11-13,20H,2,7-10,14H2,1H3,(H,24,27). The lowest BCUT2D eigenvalue weighted by Crippen LogP contribution is -2.44. The highest BCUT2D eigenvalue weighted by atomic mass is 35.5. The molecule has 10 heteroatoms. The maximum Gasteiger partial charge on any atom is 0.338 e. The molecule has 1 fully saturated rings. The molecule has 0 bridgehead atoms. The third-order valence-electron chi connectivity index (χ3n) is 5.11. The van der Waals surface area contributed by atoms with Gasteiger partial charge in [-0.25, -0.2) is 4.79 Å². The minimum absolute atomic E-state index is 0.00198. The third kappa shape index (κ3) is 5.82. The second kappa shape index (κ2) is 11.0. The van der Waals surface area contributed by atoms with E-state index in [0.29, 0.717) is 31.3 Å². The van der Waals surface area contributed by atoms with Crippen LogP contribution in [0, 0.1) is 10.1 Å². The van der Waals surface area contributed by atoms with Gasteiger partial charge in [-0.2, -0.15) is 0 Å². The average molecular weight is 462 g/mol. The molecule has 1 unspecified atom stereocenters. The zero-order chi connectivity index (χ0) is 23.1. The summed E-state index contributed by atoms with van der Waals surface area (Å²) >= 11 is 6.41. The van der Waals surface area contributed by atoms with Crippen molar-refractivity contribution in [2.24, 2.45) is 0 Å². The Morgan fingerprint density at radius 3 is 2.56 bits per heavy atom. The van der Waals surface area contributed by atoms with E-state index < -0.39 is 16.8 Å². The third-order valence-corrected chi connectivity index (χ3v) is 5.45. The molecule has 1 heterocycles. The van der Waals surface area contributed by atoms with Crippen molar-refractivity contribution in [1.82, 2.24) is 10.2 Å². The van der Waals surface area contributed by atoms with Crippen LogP contribution in [0.15, 0.2) is 42.5 Å². The summed E-state index contributed by atoms with van der Waals surface area (Å²) in [6.45, 7) is 4.46. The lowest BCUT2D eigenvalue weighted by molar-refractivity contribution is -0.384. The van der Waals surface area contributed by atoms with Gasteiger partial charge in [-0.05, 0) is 24.6 Å². The summed E-state index contributed by atoms with van der Waals surface area (Å²) in [6.07, 6.45) is 0. The first kappa shape index (κ1) is 23.6. The van der Waals surface area contributed by atoms with Crippen LogP contribution in [0.3, 0.4) is 0 Å². The number of benzene rings is 2. The monoisotopic (exact) mass is 461 g/mol. The van der Waals surface area contributed by atoms with Crippen LogP contribution in [0.1, 0.15) is 39.2 Å². The molecule has 0 saturated carbocycles. The van der Waals surface area contributed by atoms with Crippen molar-refractivity contribution >= 4 is 29.2 Å². The van der Waals surface area contributed by atoms with Crippen LogP contribution in [0.25, 0.3) is 0 Å². The van der Waals surface area contributed by atoms with E-state index in [0.717, 1.165) is 17.7 Å². The Hall–Kier alpha value is -3.01. The predicted molar refractivity (Wildman–Crippen MR) is 118 cm³/mol. The fourth-order valence-electron chi connectivity index (χ4n) is 3.54. The number of amides is 1. The summed E-state index contributed by atoms with van der Waals surface area (Å²) in [5, 5.41) is 14.7. The molecular weight excluding hydrogens is 438 g/mol. The van der Waals surface area contributed by atoms with E-state index in [1.165, 1.54) is 6.07 Å². The van der Waals surface area contributed by atoms with Gasteiger partial charge in [0.15, 0.2) is 0 Å². The fraction of sp³-hybridized carbons (Fsp3) is 0.364. The van der Waals surface area contributed by atoms with E-state index in [2.05, 4.69) is 10.2 Å². The van der Waals surface area contributed by atoms with Crippen molar-refractivity contribution < 1.29 is 24.0 Å². The predicted octanol–water partition coefficient (Wildman–Crippen LogP) is 3.23. The number of carbonyl (C=O) groups is 2. The van der Waals surface area contributed by atoms with Gasteiger partial charge in [0, 0.05) is 42.4 Å². The van der Waals surface area contributed by atoms with Crippen LogP contribution in [0.5, 0.6) is 0 Å². The molecule has 0 aromatic heterocycles. The van der Waals surface area contributed by atoms with Crippen LogP contribution >= 0.6 is 11.6 Å². The Labute approximate surface area is 190 Å². The van der Waals surface area contributed by atoms with Gasteiger partial charge in [0.25, 0.3) is 11.6 Å². The number of hydrogen-bond acceptors (Lipinski definition) is 7. The zero-order valence-electron chi connectivity index (χ0n) is 17.6. The van der Waals surface area contributed by atoms with Crippen molar-refractivity contribution in [3.05, 3.63) is 74.3 Å². The lowest BCUT2D eigenvalue weighted by Gasteiger charge is -2.35. The summed E-state index contributed by atoms with van der Waals surface area (Å²) < 4.78 is 10.4. The quantitative estimate of drug-likeness (QED) is 0.365. The largest absolute Gasteiger partial charge is 0.462 e. The first-order valence-electron chi connectivity index (χ1n) is 10.2. The average Bonchev–Trinajstić information content (AvgIpc) is 2.80. The van der Waals surface area contributed by atoms with Crippen LogP contribution < -0.4 is 5.32 Å². The number of carbonyl (C=O) groups excluding carboxylic acids is 2. The molecule has 2 aromatic carbocycles. The maximum atomic E-state index is 12.9. The Bertz CT molecular complexity index is 993. The number of esters is 1. The number of rotatable bonds is 8. The number of hydrogen-bond donors (Lipinski definition) is 1. The van der Waals surface area contributed by atoms with Gasteiger partial charge in [0.05, 0.1) is 36.3 Å². The molecule has 2 aromatic rings. The van der Waals surface area contributed by atoms with Crippen molar-refractivity contribution in [3.8, 4) is 0 Å². The first-order chi connectivity index (χ1) is 15.4. The SMILES string of the molecule is CCOC(=O)c1cc(C(=O)NCC(c2ccccc2Cl)N2CCOCC2)cc([N+](=O)[O-])c1. The molecule has 0 aliphatic carbocycles. The van der Waals surface area contributed by atoms with E-state index in [9.17, 15) is 19.7 Å². The van der Waals surface area contributed by atoms with Crippen molar-refractivity contribution in [1.29, 1.82) is 0 Å². The smallest absolute Gasteiger partial charge is 0.338 e. The van der Waals surface area contributed by atoms with Crippen molar-refractivity contribution in [3.63, 3.8) is 0 Å². The van der Waals surface area contributed by atoms with E-state index in [1.807, 2.05) is 18.2 Å². The summed E-state index contributed by atoms with van der Waals surface area (Å²) in [4.78, 5) is 37.8. The lowest BCUT2D eigenvalue weighted by atomic mass is 10.0. The summed E-state index contributed by atoms with van der Waals surface area (Å²) in [5.41, 5.74) is 0.448. The van der Waals surface area contributed by atoms with Crippen LogP contribution in [-0.4, -0.2) is 61.2 Å². The molecule has 1 atom stereocenters.